The van der Waals surface area contributed by atoms with E-state index in [0.29, 0.717) is 12.1 Å². The summed E-state index contributed by atoms with van der Waals surface area (Å²) in [4.78, 5) is 2.13. The van der Waals surface area contributed by atoms with Crippen LogP contribution in [0.25, 0.3) is 0 Å². The number of rotatable bonds is 6. The van der Waals surface area contributed by atoms with Crippen LogP contribution in [0, 0.1) is 5.82 Å². The second kappa shape index (κ2) is 6.61. The predicted octanol–water partition coefficient (Wildman–Crippen LogP) is 2.56. The van der Waals surface area contributed by atoms with Gasteiger partial charge in [0.25, 0.3) is 0 Å². The van der Waals surface area contributed by atoms with Crippen molar-refractivity contribution in [3.05, 3.63) is 35.6 Å². The summed E-state index contributed by atoms with van der Waals surface area (Å²) in [6.07, 6.45) is 2.25. The van der Waals surface area contributed by atoms with Crippen LogP contribution in [0.4, 0.5) is 4.39 Å². The Bertz CT molecular complexity index is 315. The van der Waals surface area contributed by atoms with E-state index in [1.165, 1.54) is 6.07 Å². The molecular formula is C13H21FN2. The number of hydrogen-bond donors (Lipinski definition) is 1. The molecule has 0 saturated carbocycles. The summed E-state index contributed by atoms with van der Waals surface area (Å²) in [7, 11) is 2.00. The minimum Gasteiger partial charge on any atom is -0.329 e. The van der Waals surface area contributed by atoms with Gasteiger partial charge in [0.05, 0.1) is 0 Å². The number of nitrogens with two attached hydrogens (primary N) is 1. The van der Waals surface area contributed by atoms with E-state index < -0.39 is 0 Å². The summed E-state index contributed by atoms with van der Waals surface area (Å²) in [5.74, 6) is -0.165. The second-order valence-corrected chi connectivity index (χ2v) is 4.11. The van der Waals surface area contributed by atoms with Crippen molar-refractivity contribution in [2.75, 3.05) is 20.1 Å². The Morgan fingerprint density at radius 1 is 1.38 bits per heavy atom. The maximum absolute atomic E-state index is 13.6. The van der Waals surface area contributed by atoms with Gasteiger partial charge in [-0.1, -0.05) is 31.5 Å². The summed E-state index contributed by atoms with van der Waals surface area (Å²) in [6.45, 7) is 3.54. The van der Waals surface area contributed by atoms with Crippen LogP contribution in [0.3, 0.4) is 0 Å². The van der Waals surface area contributed by atoms with Gasteiger partial charge in [0, 0.05) is 18.2 Å². The van der Waals surface area contributed by atoms with Crippen molar-refractivity contribution >= 4 is 0 Å². The molecular weight excluding hydrogens is 203 g/mol. The first kappa shape index (κ1) is 13.1. The topological polar surface area (TPSA) is 29.3 Å². The van der Waals surface area contributed by atoms with Crippen LogP contribution in [0.5, 0.6) is 0 Å². The normalized spacial score (nSPS) is 13.1. The number of unbranched alkanes of at least 4 members (excludes halogenated alkanes) is 1. The fourth-order valence-corrected chi connectivity index (χ4v) is 1.85. The molecule has 1 aromatic rings. The van der Waals surface area contributed by atoms with Gasteiger partial charge >= 0.3 is 0 Å². The molecule has 3 heteroatoms. The Morgan fingerprint density at radius 3 is 2.62 bits per heavy atom. The molecule has 16 heavy (non-hydrogen) atoms. The highest BCUT2D eigenvalue weighted by Gasteiger charge is 2.17. The lowest BCUT2D eigenvalue weighted by Crippen LogP contribution is -2.31. The van der Waals surface area contributed by atoms with Gasteiger partial charge < -0.3 is 5.73 Å². The predicted molar refractivity (Wildman–Crippen MR) is 65.7 cm³/mol. The van der Waals surface area contributed by atoms with E-state index in [1.54, 1.807) is 6.07 Å². The van der Waals surface area contributed by atoms with Crippen LogP contribution >= 0.6 is 0 Å². The van der Waals surface area contributed by atoms with Gasteiger partial charge in [-0.05, 0) is 26.1 Å². The van der Waals surface area contributed by atoms with E-state index in [1.807, 2.05) is 19.2 Å². The van der Waals surface area contributed by atoms with Crippen LogP contribution < -0.4 is 5.73 Å². The van der Waals surface area contributed by atoms with Crippen LogP contribution in [0.15, 0.2) is 24.3 Å². The molecule has 0 saturated heterocycles. The summed E-state index contributed by atoms with van der Waals surface area (Å²) in [5, 5.41) is 0. The van der Waals surface area contributed by atoms with E-state index in [4.69, 9.17) is 5.73 Å². The maximum Gasteiger partial charge on any atom is 0.128 e. The van der Waals surface area contributed by atoms with E-state index in [-0.39, 0.29) is 11.9 Å². The summed E-state index contributed by atoms with van der Waals surface area (Å²) in [6, 6.07) is 6.85. The molecule has 2 nitrogen and oxygen atoms in total. The smallest absolute Gasteiger partial charge is 0.128 e. The van der Waals surface area contributed by atoms with Crippen molar-refractivity contribution in [3.8, 4) is 0 Å². The molecule has 1 rings (SSSR count). The Hall–Kier alpha value is -0.930. The Labute approximate surface area is 97.3 Å². The van der Waals surface area contributed by atoms with Gasteiger partial charge in [0.2, 0.25) is 0 Å². The Kier molecular flexibility index (Phi) is 5.43. The van der Waals surface area contributed by atoms with Gasteiger partial charge in [0.15, 0.2) is 0 Å². The van der Waals surface area contributed by atoms with Crippen molar-refractivity contribution in [2.24, 2.45) is 5.73 Å². The fraction of sp³-hybridized carbons (Fsp3) is 0.538. The number of nitrogens with zero attached hydrogens (tertiary/aromatic N) is 1. The molecule has 2 N–H and O–H groups in total. The number of halogens is 1. The van der Waals surface area contributed by atoms with Gasteiger partial charge in [-0.3, -0.25) is 4.90 Å². The van der Waals surface area contributed by atoms with E-state index in [9.17, 15) is 4.39 Å². The van der Waals surface area contributed by atoms with Crippen LogP contribution in [-0.2, 0) is 0 Å². The molecule has 90 valence electrons. The Morgan fingerprint density at radius 2 is 2.06 bits per heavy atom. The quantitative estimate of drug-likeness (QED) is 0.804. The highest BCUT2D eigenvalue weighted by atomic mass is 19.1. The molecule has 0 bridgehead atoms. The highest BCUT2D eigenvalue weighted by Crippen LogP contribution is 2.21. The highest BCUT2D eigenvalue weighted by molar-refractivity contribution is 5.21. The van der Waals surface area contributed by atoms with Gasteiger partial charge in [-0.25, -0.2) is 4.39 Å². The molecule has 0 fully saturated rings. The van der Waals surface area contributed by atoms with Crippen LogP contribution in [0.1, 0.15) is 31.4 Å². The van der Waals surface area contributed by atoms with Crippen molar-refractivity contribution in [1.29, 1.82) is 0 Å². The molecule has 0 amide bonds. The zero-order valence-electron chi connectivity index (χ0n) is 10.1. The van der Waals surface area contributed by atoms with Gasteiger partial charge in [-0.15, -0.1) is 0 Å². The van der Waals surface area contributed by atoms with Crippen molar-refractivity contribution in [1.82, 2.24) is 4.90 Å². The van der Waals surface area contributed by atoms with Crippen molar-refractivity contribution in [3.63, 3.8) is 0 Å². The molecule has 0 aliphatic heterocycles. The minimum atomic E-state index is -0.165. The molecule has 1 aromatic carbocycles. The molecule has 0 aliphatic rings. The molecule has 0 heterocycles. The zero-order valence-corrected chi connectivity index (χ0v) is 10.1. The van der Waals surface area contributed by atoms with Gasteiger partial charge in [-0.2, -0.15) is 0 Å². The number of hydrogen-bond acceptors (Lipinski definition) is 2. The SMILES string of the molecule is CCCCN(C)C(CN)c1ccccc1F. The number of likely N-dealkylation sites (N-methyl/N-ethyl adjacent to an activating group) is 1. The summed E-state index contributed by atoms with van der Waals surface area (Å²) >= 11 is 0. The molecule has 0 aliphatic carbocycles. The first-order valence-electron chi connectivity index (χ1n) is 5.85. The minimum absolute atomic E-state index is 0.0206. The average Bonchev–Trinajstić information content (AvgIpc) is 2.30. The zero-order chi connectivity index (χ0) is 12.0. The lowest BCUT2D eigenvalue weighted by Gasteiger charge is -2.27. The fourth-order valence-electron chi connectivity index (χ4n) is 1.85. The largest absolute Gasteiger partial charge is 0.329 e. The first-order valence-corrected chi connectivity index (χ1v) is 5.85. The van der Waals surface area contributed by atoms with E-state index in [0.717, 1.165) is 19.4 Å². The molecule has 0 aromatic heterocycles. The average molecular weight is 224 g/mol. The van der Waals surface area contributed by atoms with E-state index >= 15 is 0 Å². The monoisotopic (exact) mass is 224 g/mol. The lowest BCUT2D eigenvalue weighted by molar-refractivity contribution is 0.241. The second-order valence-electron chi connectivity index (χ2n) is 4.11. The van der Waals surface area contributed by atoms with Crippen molar-refractivity contribution in [2.45, 2.75) is 25.8 Å². The molecule has 1 atom stereocenters. The van der Waals surface area contributed by atoms with Crippen LogP contribution in [-0.4, -0.2) is 25.0 Å². The summed E-state index contributed by atoms with van der Waals surface area (Å²) < 4.78 is 13.6. The van der Waals surface area contributed by atoms with Crippen molar-refractivity contribution < 1.29 is 4.39 Å². The molecule has 0 radical (unpaired) electrons. The third-order valence-electron chi connectivity index (χ3n) is 2.88. The first-order chi connectivity index (χ1) is 7.70. The summed E-state index contributed by atoms with van der Waals surface area (Å²) in [5.41, 5.74) is 6.44. The van der Waals surface area contributed by atoms with Gasteiger partial charge in [0.1, 0.15) is 5.82 Å². The third-order valence-corrected chi connectivity index (χ3v) is 2.88. The lowest BCUT2D eigenvalue weighted by atomic mass is 10.0. The Balaban J connectivity index is 2.77. The van der Waals surface area contributed by atoms with E-state index in [2.05, 4.69) is 11.8 Å². The molecule has 0 spiro atoms. The third kappa shape index (κ3) is 3.29. The molecule has 1 unspecified atom stereocenters. The van der Waals surface area contributed by atoms with Crippen LogP contribution in [0.2, 0.25) is 0 Å². The standard InChI is InChI=1S/C13H21FN2/c1-3-4-9-16(2)13(10-15)11-7-5-6-8-12(11)14/h5-8,13H,3-4,9-10,15H2,1-2H3. The maximum atomic E-state index is 13.6. The number of benzene rings is 1.